The first-order valence-corrected chi connectivity index (χ1v) is 12.2. The number of carbonyl (C=O) groups excluding carboxylic acids is 2. The maximum Gasteiger partial charge on any atom is 0.300 e. The predicted octanol–water partition coefficient (Wildman–Crippen LogP) is 5.98. The van der Waals surface area contributed by atoms with Gasteiger partial charge in [0.15, 0.2) is 0 Å². The molecule has 0 spiro atoms. The summed E-state index contributed by atoms with van der Waals surface area (Å²) < 4.78 is 11.1. The van der Waals surface area contributed by atoms with Gasteiger partial charge in [-0.1, -0.05) is 44.2 Å². The quantitative estimate of drug-likeness (QED) is 0.241. The molecule has 3 aromatic carbocycles. The van der Waals surface area contributed by atoms with Gasteiger partial charge in [0.2, 0.25) is 0 Å². The van der Waals surface area contributed by atoms with Crippen molar-refractivity contribution in [3.05, 3.63) is 94.6 Å². The highest BCUT2D eigenvalue weighted by Crippen LogP contribution is 2.43. The van der Waals surface area contributed by atoms with E-state index in [0.717, 1.165) is 29.5 Å². The van der Waals surface area contributed by atoms with E-state index in [4.69, 9.17) is 9.47 Å². The Hall–Kier alpha value is -4.06. The van der Waals surface area contributed by atoms with Crippen LogP contribution in [0, 0.1) is 6.92 Å². The number of nitrogens with zero attached hydrogens (tertiary/aromatic N) is 1. The molecule has 1 N–H and O–H groups in total. The van der Waals surface area contributed by atoms with Gasteiger partial charge in [-0.3, -0.25) is 14.5 Å². The molecule has 0 saturated carbocycles. The average Bonchev–Trinajstić information content (AvgIpc) is 3.17. The van der Waals surface area contributed by atoms with Crippen LogP contribution in [0.15, 0.2) is 72.3 Å². The number of hydrogen-bond acceptors (Lipinski definition) is 5. The van der Waals surface area contributed by atoms with E-state index in [1.54, 1.807) is 43.5 Å². The van der Waals surface area contributed by atoms with Crippen LogP contribution in [0.3, 0.4) is 0 Å². The molecule has 186 valence electrons. The minimum absolute atomic E-state index is 0.0497. The van der Waals surface area contributed by atoms with Crippen LogP contribution in [0.4, 0.5) is 5.69 Å². The third-order valence-electron chi connectivity index (χ3n) is 6.39. The third-order valence-corrected chi connectivity index (χ3v) is 6.39. The molecule has 1 fully saturated rings. The molecule has 1 unspecified atom stereocenters. The number of aliphatic hydroxyl groups excluding tert-OH is 1. The fraction of sp³-hybridized carbons (Fsp3) is 0.267. The molecular formula is C30H31NO5. The minimum Gasteiger partial charge on any atom is -0.507 e. The molecule has 1 heterocycles. The third kappa shape index (κ3) is 4.71. The lowest BCUT2D eigenvalue weighted by Crippen LogP contribution is -2.29. The van der Waals surface area contributed by atoms with Crippen LogP contribution in [0.25, 0.3) is 5.76 Å². The Kier molecular flexibility index (Phi) is 7.44. The van der Waals surface area contributed by atoms with Crippen LogP contribution in [0.5, 0.6) is 11.5 Å². The van der Waals surface area contributed by atoms with Crippen LogP contribution in [-0.4, -0.2) is 30.5 Å². The topological polar surface area (TPSA) is 76.1 Å². The van der Waals surface area contributed by atoms with E-state index < -0.39 is 17.7 Å². The van der Waals surface area contributed by atoms with Gasteiger partial charge in [-0.2, -0.15) is 0 Å². The second-order valence-corrected chi connectivity index (χ2v) is 8.79. The number of ketones is 1. The molecule has 0 radical (unpaired) electrons. The summed E-state index contributed by atoms with van der Waals surface area (Å²) in [7, 11) is 1.58. The van der Waals surface area contributed by atoms with Gasteiger partial charge in [0.1, 0.15) is 17.3 Å². The van der Waals surface area contributed by atoms with E-state index in [0.29, 0.717) is 29.4 Å². The molecule has 0 aliphatic carbocycles. The molecule has 1 saturated heterocycles. The van der Waals surface area contributed by atoms with Crippen LogP contribution < -0.4 is 14.4 Å². The van der Waals surface area contributed by atoms with E-state index in [2.05, 4.69) is 6.92 Å². The second kappa shape index (κ2) is 10.7. The Morgan fingerprint density at radius 3 is 2.39 bits per heavy atom. The lowest BCUT2D eigenvalue weighted by molar-refractivity contribution is -0.132. The second-order valence-electron chi connectivity index (χ2n) is 8.79. The molecule has 1 amide bonds. The molecule has 4 rings (SSSR count). The number of amides is 1. The number of aliphatic hydroxyl groups is 1. The Labute approximate surface area is 211 Å². The summed E-state index contributed by atoms with van der Waals surface area (Å²) in [5, 5.41) is 11.4. The molecule has 6 nitrogen and oxygen atoms in total. The van der Waals surface area contributed by atoms with Crippen molar-refractivity contribution in [2.75, 3.05) is 18.6 Å². The van der Waals surface area contributed by atoms with E-state index in [1.165, 1.54) is 4.90 Å². The van der Waals surface area contributed by atoms with Gasteiger partial charge < -0.3 is 14.6 Å². The number of anilines is 1. The van der Waals surface area contributed by atoms with Gasteiger partial charge in [0.05, 0.1) is 25.3 Å². The van der Waals surface area contributed by atoms with Crippen molar-refractivity contribution in [2.45, 2.75) is 39.7 Å². The summed E-state index contributed by atoms with van der Waals surface area (Å²) >= 11 is 0. The van der Waals surface area contributed by atoms with Gasteiger partial charge in [0.25, 0.3) is 11.7 Å². The van der Waals surface area contributed by atoms with Crippen LogP contribution in [0.1, 0.15) is 48.6 Å². The monoisotopic (exact) mass is 485 g/mol. The number of aryl methyl sites for hydroxylation is 2. The Balaban J connectivity index is 1.89. The van der Waals surface area contributed by atoms with Crippen LogP contribution in [0.2, 0.25) is 0 Å². The van der Waals surface area contributed by atoms with Crippen molar-refractivity contribution < 1.29 is 24.2 Å². The smallest absolute Gasteiger partial charge is 0.300 e. The number of methoxy groups -OCH3 is 1. The molecule has 1 atom stereocenters. The standard InChI is InChI=1S/C30H31NO5/c1-5-16-36-24-9-7-8-23(18-24)31-27(21-12-10-20(6-2)11-13-21)26(29(33)30(31)34)28(32)22-14-15-25(35-4)19(3)17-22/h7-15,17-18,27,32H,5-6,16H2,1-4H3/b28-26+. The Morgan fingerprint density at radius 1 is 1.00 bits per heavy atom. The first-order valence-electron chi connectivity index (χ1n) is 12.2. The van der Waals surface area contributed by atoms with Crippen molar-refractivity contribution >= 4 is 23.1 Å². The molecule has 6 heteroatoms. The summed E-state index contributed by atoms with van der Waals surface area (Å²) in [6, 6.07) is 19.3. The largest absolute Gasteiger partial charge is 0.507 e. The summed E-state index contributed by atoms with van der Waals surface area (Å²) in [6.45, 7) is 6.48. The Morgan fingerprint density at radius 2 is 1.75 bits per heavy atom. The zero-order valence-corrected chi connectivity index (χ0v) is 21.1. The summed E-state index contributed by atoms with van der Waals surface area (Å²) in [5.41, 5.74) is 3.70. The number of hydrogen-bond donors (Lipinski definition) is 1. The molecule has 1 aliphatic heterocycles. The molecular weight excluding hydrogens is 454 g/mol. The fourth-order valence-electron chi connectivity index (χ4n) is 4.47. The molecule has 0 aromatic heterocycles. The first kappa shape index (κ1) is 25.0. The van der Waals surface area contributed by atoms with Gasteiger partial charge in [0, 0.05) is 17.3 Å². The maximum atomic E-state index is 13.4. The molecule has 36 heavy (non-hydrogen) atoms. The normalized spacial score (nSPS) is 16.9. The van der Waals surface area contributed by atoms with Gasteiger partial charge in [-0.15, -0.1) is 0 Å². The molecule has 0 bridgehead atoms. The fourth-order valence-corrected chi connectivity index (χ4v) is 4.47. The van der Waals surface area contributed by atoms with Crippen molar-refractivity contribution in [1.82, 2.24) is 0 Å². The van der Waals surface area contributed by atoms with Crippen LogP contribution in [-0.2, 0) is 16.0 Å². The van der Waals surface area contributed by atoms with Gasteiger partial charge in [-0.05, 0) is 66.8 Å². The number of benzene rings is 3. The van der Waals surface area contributed by atoms with E-state index >= 15 is 0 Å². The lowest BCUT2D eigenvalue weighted by Gasteiger charge is -2.26. The predicted molar refractivity (Wildman–Crippen MR) is 141 cm³/mol. The number of ether oxygens (including phenoxy) is 2. The first-order chi connectivity index (χ1) is 17.4. The number of rotatable bonds is 8. The highest BCUT2D eigenvalue weighted by atomic mass is 16.5. The van der Waals surface area contributed by atoms with E-state index in [-0.39, 0.29) is 11.3 Å². The maximum absolute atomic E-state index is 13.4. The summed E-state index contributed by atoms with van der Waals surface area (Å²) in [6.07, 6.45) is 1.71. The average molecular weight is 486 g/mol. The molecule has 3 aromatic rings. The molecule has 1 aliphatic rings. The SMILES string of the molecule is CCCOc1cccc(N2C(=O)C(=O)/C(=C(/O)c3ccc(OC)c(C)c3)C2c2ccc(CC)cc2)c1. The van der Waals surface area contributed by atoms with Gasteiger partial charge >= 0.3 is 0 Å². The summed E-state index contributed by atoms with van der Waals surface area (Å²) in [4.78, 5) is 28.3. The zero-order valence-electron chi connectivity index (χ0n) is 21.1. The number of Topliss-reactive ketones (excluding diaryl/α,β-unsaturated/α-hetero) is 1. The van der Waals surface area contributed by atoms with E-state index in [9.17, 15) is 14.7 Å². The highest BCUT2D eigenvalue weighted by Gasteiger charge is 2.47. The van der Waals surface area contributed by atoms with Crippen LogP contribution >= 0.6 is 0 Å². The van der Waals surface area contributed by atoms with Crippen molar-refractivity contribution in [3.63, 3.8) is 0 Å². The lowest BCUT2D eigenvalue weighted by atomic mass is 9.94. The summed E-state index contributed by atoms with van der Waals surface area (Å²) in [5.74, 6) is -0.362. The van der Waals surface area contributed by atoms with Crippen molar-refractivity contribution in [2.24, 2.45) is 0 Å². The van der Waals surface area contributed by atoms with E-state index in [1.807, 2.05) is 44.2 Å². The Bertz CT molecular complexity index is 1310. The number of carbonyl (C=O) groups is 2. The minimum atomic E-state index is -0.792. The van der Waals surface area contributed by atoms with Crippen molar-refractivity contribution in [3.8, 4) is 11.5 Å². The van der Waals surface area contributed by atoms with Gasteiger partial charge in [-0.25, -0.2) is 0 Å². The van der Waals surface area contributed by atoms with Crippen molar-refractivity contribution in [1.29, 1.82) is 0 Å². The zero-order chi connectivity index (χ0) is 25.8. The highest BCUT2D eigenvalue weighted by molar-refractivity contribution is 6.51.